The summed E-state index contributed by atoms with van der Waals surface area (Å²) in [6.45, 7) is 1.93. The lowest BCUT2D eigenvalue weighted by molar-refractivity contribution is -0.162. The van der Waals surface area contributed by atoms with Gasteiger partial charge in [-0.3, -0.25) is 4.79 Å². The number of methoxy groups -OCH3 is 1. The van der Waals surface area contributed by atoms with E-state index in [0.29, 0.717) is 24.1 Å². The van der Waals surface area contributed by atoms with E-state index in [9.17, 15) is 22.4 Å². The van der Waals surface area contributed by atoms with Gasteiger partial charge in [0, 0.05) is 30.8 Å². The first kappa shape index (κ1) is 23.4. The molecule has 12 heteroatoms. The number of carbonyl (C=O) groups excluding carboxylic acids is 1. The molecule has 0 radical (unpaired) electrons. The van der Waals surface area contributed by atoms with Crippen LogP contribution in [-0.4, -0.2) is 50.1 Å². The molecule has 4 rings (SSSR count). The summed E-state index contributed by atoms with van der Waals surface area (Å²) in [5, 5.41) is 10.4. The first-order valence-corrected chi connectivity index (χ1v) is 10.2. The maximum absolute atomic E-state index is 14.6. The largest absolute Gasteiger partial charge is 0.408 e. The van der Waals surface area contributed by atoms with E-state index in [0.717, 1.165) is 17.8 Å². The average Bonchev–Trinajstić information content (AvgIpc) is 3.43. The summed E-state index contributed by atoms with van der Waals surface area (Å²) in [7, 11) is 1.57. The molecule has 0 saturated carbocycles. The van der Waals surface area contributed by atoms with E-state index >= 15 is 0 Å². The molecule has 34 heavy (non-hydrogen) atoms. The van der Waals surface area contributed by atoms with Crippen molar-refractivity contribution in [3.8, 4) is 11.5 Å². The number of anilines is 1. The molecule has 1 atom stereocenters. The van der Waals surface area contributed by atoms with Crippen LogP contribution in [0.15, 0.2) is 48.9 Å². The molecule has 4 aromatic rings. The highest BCUT2D eigenvalue weighted by Crippen LogP contribution is 2.32. The lowest BCUT2D eigenvalue weighted by Crippen LogP contribution is -2.24. The number of alkyl halides is 3. The van der Waals surface area contributed by atoms with Crippen LogP contribution in [0, 0.1) is 5.82 Å². The molecule has 1 amide bonds. The van der Waals surface area contributed by atoms with Crippen LogP contribution in [0.4, 0.5) is 23.4 Å². The predicted molar refractivity (Wildman–Crippen MR) is 116 cm³/mol. The number of nitrogens with zero attached hydrogens (tertiary/aromatic N) is 5. The van der Waals surface area contributed by atoms with E-state index in [2.05, 4.69) is 20.5 Å². The number of hydrogen-bond acceptors (Lipinski definition) is 5. The maximum atomic E-state index is 14.6. The Morgan fingerprint density at radius 2 is 2.03 bits per heavy atom. The van der Waals surface area contributed by atoms with Gasteiger partial charge >= 0.3 is 6.18 Å². The Kier molecular flexibility index (Phi) is 6.33. The molecule has 1 unspecified atom stereocenters. The Bertz CT molecular complexity index is 1330. The molecule has 0 bridgehead atoms. The number of benzene rings is 1. The number of halogens is 4. The van der Waals surface area contributed by atoms with Gasteiger partial charge in [0.1, 0.15) is 29.7 Å². The average molecular weight is 476 g/mol. The highest BCUT2D eigenvalue weighted by atomic mass is 19.4. The first-order valence-electron chi connectivity index (χ1n) is 10.2. The molecule has 0 saturated heterocycles. The van der Waals surface area contributed by atoms with Gasteiger partial charge in [0.05, 0.1) is 12.2 Å². The number of rotatable bonds is 7. The van der Waals surface area contributed by atoms with Crippen LogP contribution in [0.2, 0.25) is 0 Å². The van der Waals surface area contributed by atoms with Crippen LogP contribution >= 0.6 is 0 Å². The minimum atomic E-state index is -4.51. The zero-order valence-electron chi connectivity index (χ0n) is 18.2. The van der Waals surface area contributed by atoms with Crippen molar-refractivity contribution >= 4 is 22.6 Å². The molecule has 0 aliphatic heterocycles. The second-order valence-corrected chi connectivity index (χ2v) is 7.53. The Morgan fingerprint density at radius 3 is 2.76 bits per heavy atom. The number of aromatic nitrogens is 5. The number of nitrogens with one attached hydrogen (secondary N) is 1. The fraction of sp³-hybridized carbons (Fsp3) is 0.273. The summed E-state index contributed by atoms with van der Waals surface area (Å²) in [4.78, 5) is 17.0. The molecule has 8 nitrogen and oxygen atoms in total. The van der Waals surface area contributed by atoms with E-state index in [1.54, 1.807) is 19.4 Å². The molecule has 1 aromatic carbocycles. The Morgan fingerprint density at radius 1 is 1.24 bits per heavy atom. The minimum Gasteiger partial charge on any atom is -0.383 e. The number of hydrogen-bond donors (Lipinski definition) is 1. The number of ether oxygens (including phenoxy) is 1. The van der Waals surface area contributed by atoms with Gasteiger partial charge in [-0.05, 0) is 37.3 Å². The van der Waals surface area contributed by atoms with E-state index in [-0.39, 0.29) is 22.9 Å². The van der Waals surface area contributed by atoms with E-state index in [1.165, 1.54) is 30.3 Å². The number of pyridine rings is 1. The van der Waals surface area contributed by atoms with Gasteiger partial charge in [-0.15, -0.1) is 10.2 Å². The summed E-state index contributed by atoms with van der Waals surface area (Å²) in [5.41, 5.74) is 0.515. The lowest BCUT2D eigenvalue weighted by Gasteiger charge is -2.18. The smallest absolute Gasteiger partial charge is 0.383 e. The third-order valence-corrected chi connectivity index (χ3v) is 5.32. The molecule has 3 heterocycles. The molecule has 178 valence electrons. The van der Waals surface area contributed by atoms with Gasteiger partial charge in [0.15, 0.2) is 5.82 Å². The number of amides is 1. The van der Waals surface area contributed by atoms with Gasteiger partial charge < -0.3 is 19.2 Å². The fourth-order valence-electron chi connectivity index (χ4n) is 3.45. The quantitative estimate of drug-likeness (QED) is 0.398. The summed E-state index contributed by atoms with van der Waals surface area (Å²) >= 11 is 0. The standard InChI is InChI=1S/C22H20F4N6O2/c1-13(22(24,25)26)32-12-27-30-20(32)17-4-3-5-19(28-17)29-21(33)15-11-18-14(10-16(15)23)6-7-31(18)8-9-34-2/h3-7,10-13H,8-9H2,1-2H3,(H,28,29,33). The van der Waals surface area contributed by atoms with Crippen molar-refractivity contribution in [2.45, 2.75) is 25.7 Å². The van der Waals surface area contributed by atoms with Gasteiger partial charge in [0.2, 0.25) is 0 Å². The van der Waals surface area contributed by atoms with Crippen molar-refractivity contribution in [3.63, 3.8) is 0 Å². The SMILES string of the molecule is COCCn1ccc2cc(F)c(C(=O)Nc3cccc(-c4nncn4C(C)C(F)(F)F)n3)cc21. The highest BCUT2D eigenvalue weighted by Gasteiger charge is 2.38. The third-order valence-electron chi connectivity index (χ3n) is 5.32. The topological polar surface area (TPSA) is 86.9 Å². The molecule has 0 aliphatic rings. The Labute approximate surface area is 191 Å². The number of carbonyl (C=O) groups is 1. The monoisotopic (exact) mass is 476 g/mol. The summed E-state index contributed by atoms with van der Waals surface area (Å²) < 4.78 is 61.9. The second-order valence-electron chi connectivity index (χ2n) is 7.53. The van der Waals surface area contributed by atoms with Gasteiger partial charge in [-0.2, -0.15) is 13.2 Å². The van der Waals surface area contributed by atoms with Crippen LogP contribution < -0.4 is 5.32 Å². The van der Waals surface area contributed by atoms with E-state index in [1.807, 2.05) is 4.57 Å². The molecule has 0 aliphatic carbocycles. The highest BCUT2D eigenvalue weighted by molar-refractivity contribution is 6.06. The second kappa shape index (κ2) is 9.21. The zero-order chi connectivity index (χ0) is 24.5. The number of fused-ring (bicyclic) bond motifs is 1. The molecular formula is C22H20F4N6O2. The zero-order valence-corrected chi connectivity index (χ0v) is 18.2. The van der Waals surface area contributed by atoms with Crippen LogP contribution in [0.5, 0.6) is 0 Å². The van der Waals surface area contributed by atoms with Crippen molar-refractivity contribution in [2.24, 2.45) is 0 Å². The van der Waals surface area contributed by atoms with Crippen molar-refractivity contribution in [3.05, 3.63) is 60.3 Å². The van der Waals surface area contributed by atoms with Crippen molar-refractivity contribution in [1.29, 1.82) is 0 Å². The van der Waals surface area contributed by atoms with Gasteiger partial charge in [0.25, 0.3) is 5.91 Å². The van der Waals surface area contributed by atoms with Crippen molar-refractivity contribution in [2.75, 3.05) is 19.0 Å². The van der Waals surface area contributed by atoms with Crippen molar-refractivity contribution in [1.82, 2.24) is 24.3 Å². The first-order chi connectivity index (χ1) is 16.2. The molecule has 1 N–H and O–H groups in total. The van der Waals surface area contributed by atoms with E-state index in [4.69, 9.17) is 4.74 Å². The molecular weight excluding hydrogens is 456 g/mol. The third kappa shape index (κ3) is 4.62. The van der Waals surface area contributed by atoms with Gasteiger partial charge in [-0.1, -0.05) is 6.07 Å². The van der Waals surface area contributed by atoms with Crippen LogP contribution in [0.3, 0.4) is 0 Å². The summed E-state index contributed by atoms with van der Waals surface area (Å²) in [6.07, 6.45) is -1.78. The van der Waals surface area contributed by atoms with Crippen molar-refractivity contribution < 1.29 is 27.1 Å². The lowest BCUT2D eigenvalue weighted by atomic mass is 10.1. The minimum absolute atomic E-state index is 0.0194. The van der Waals surface area contributed by atoms with E-state index < -0.39 is 23.9 Å². The maximum Gasteiger partial charge on any atom is 0.408 e. The molecule has 3 aromatic heterocycles. The van der Waals surface area contributed by atoms with Crippen LogP contribution in [-0.2, 0) is 11.3 Å². The predicted octanol–water partition coefficient (Wildman–Crippen LogP) is 4.46. The Balaban J connectivity index is 1.61. The fourth-order valence-corrected chi connectivity index (χ4v) is 3.45. The van der Waals surface area contributed by atoms with Crippen LogP contribution in [0.25, 0.3) is 22.4 Å². The van der Waals surface area contributed by atoms with Gasteiger partial charge in [-0.25, -0.2) is 9.37 Å². The normalized spacial score (nSPS) is 12.8. The van der Waals surface area contributed by atoms with Crippen LogP contribution in [0.1, 0.15) is 23.3 Å². The molecule has 0 fully saturated rings. The summed E-state index contributed by atoms with van der Waals surface area (Å²) in [6, 6.07) is 6.91. The molecule has 0 spiro atoms. The Hall–Kier alpha value is -3.80. The summed E-state index contributed by atoms with van der Waals surface area (Å²) in [5.74, 6) is -1.58.